The number of benzene rings is 2. The lowest BCUT2D eigenvalue weighted by Crippen LogP contribution is -2.25. The van der Waals surface area contributed by atoms with Crippen LogP contribution >= 0.6 is 0 Å². The molecule has 1 N–H and O–H groups in total. The molecule has 4 rings (SSSR count). The molecule has 8 nitrogen and oxygen atoms in total. The van der Waals surface area contributed by atoms with E-state index in [0.29, 0.717) is 31.1 Å². The van der Waals surface area contributed by atoms with Crippen molar-refractivity contribution >= 4 is 21.7 Å². The van der Waals surface area contributed by atoms with Gasteiger partial charge in [-0.25, -0.2) is 8.42 Å². The van der Waals surface area contributed by atoms with Crippen molar-refractivity contribution in [3.63, 3.8) is 0 Å². The first kappa shape index (κ1) is 17.5. The number of aryl methyl sites for hydroxylation is 1. The molecule has 1 fully saturated rings. The van der Waals surface area contributed by atoms with Crippen LogP contribution in [0, 0.1) is 6.92 Å². The highest BCUT2D eigenvalue weighted by molar-refractivity contribution is 7.93. The summed E-state index contributed by atoms with van der Waals surface area (Å²) >= 11 is 0. The molecule has 1 aliphatic rings. The molecule has 3 aromatic rings. The van der Waals surface area contributed by atoms with Gasteiger partial charge < -0.3 is 5.32 Å². The van der Waals surface area contributed by atoms with Crippen LogP contribution in [0.5, 0.6) is 0 Å². The first-order valence-electron chi connectivity index (χ1n) is 8.72. The standard InChI is InChI=1S/C18H20N6O2S/c1-14-6-8-16(9-7-14)24-18(20-21-22-24)19-13-15-4-2-5-17(12-15)23-10-3-11-27(23,25)26/h2,4-9,12H,3,10-11,13H2,1H3,(H,19,20,22). The average molecular weight is 384 g/mol. The van der Waals surface area contributed by atoms with Crippen LogP contribution in [0.3, 0.4) is 0 Å². The summed E-state index contributed by atoms with van der Waals surface area (Å²) in [6.07, 6.45) is 0.663. The fraction of sp³-hybridized carbons (Fsp3) is 0.278. The molecule has 1 saturated heterocycles. The van der Waals surface area contributed by atoms with Crippen LogP contribution in [-0.4, -0.2) is 40.9 Å². The summed E-state index contributed by atoms with van der Waals surface area (Å²) in [5, 5.41) is 15.0. The van der Waals surface area contributed by atoms with Crippen molar-refractivity contribution in [2.75, 3.05) is 21.9 Å². The lowest BCUT2D eigenvalue weighted by atomic mass is 10.2. The van der Waals surface area contributed by atoms with Crippen LogP contribution in [-0.2, 0) is 16.6 Å². The van der Waals surface area contributed by atoms with Crippen molar-refractivity contribution in [1.29, 1.82) is 0 Å². The summed E-state index contributed by atoms with van der Waals surface area (Å²) in [4.78, 5) is 0. The fourth-order valence-electron chi connectivity index (χ4n) is 3.09. The number of hydrogen-bond donors (Lipinski definition) is 1. The Kier molecular flexibility index (Phi) is 4.53. The smallest absolute Gasteiger partial charge is 0.248 e. The van der Waals surface area contributed by atoms with Gasteiger partial charge in [0.05, 0.1) is 17.1 Å². The lowest BCUT2D eigenvalue weighted by molar-refractivity contribution is 0.599. The van der Waals surface area contributed by atoms with Gasteiger partial charge in [-0.3, -0.25) is 4.31 Å². The molecule has 140 valence electrons. The van der Waals surface area contributed by atoms with Crippen LogP contribution < -0.4 is 9.62 Å². The number of tetrazole rings is 1. The zero-order chi connectivity index (χ0) is 18.9. The van der Waals surface area contributed by atoms with E-state index in [-0.39, 0.29) is 5.75 Å². The highest BCUT2D eigenvalue weighted by atomic mass is 32.2. The Labute approximate surface area is 157 Å². The molecule has 27 heavy (non-hydrogen) atoms. The topological polar surface area (TPSA) is 93.0 Å². The third-order valence-corrected chi connectivity index (χ3v) is 6.37. The summed E-state index contributed by atoms with van der Waals surface area (Å²) in [6, 6.07) is 15.4. The van der Waals surface area contributed by atoms with Crippen molar-refractivity contribution in [2.24, 2.45) is 0 Å². The van der Waals surface area contributed by atoms with Crippen molar-refractivity contribution in [2.45, 2.75) is 19.9 Å². The van der Waals surface area contributed by atoms with Crippen LogP contribution in [0.1, 0.15) is 17.5 Å². The first-order valence-corrected chi connectivity index (χ1v) is 10.3. The minimum atomic E-state index is -3.18. The first-order chi connectivity index (χ1) is 13.0. The summed E-state index contributed by atoms with van der Waals surface area (Å²) < 4.78 is 27.4. The molecule has 1 aliphatic heterocycles. The second-order valence-corrected chi connectivity index (χ2v) is 8.53. The van der Waals surface area contributed by atoms with Gasteiger partial charge in [0.25, 0.3) is 0 Å². The summed E-state index contributed by atoms with van der Waals surface area (Å²) in [6.45, 7) is 3.04. The van der Waals surface area contributed by atoms with E-state index < -0.39 is 10.0 Å². The number of hydrogen-bond acceptors (Lipinski definition) is 6. The number of nitrogens with zero attached hydrogens (tertiary/aromatic N) is 5. The largest absolute Gasteiger partial charge is 0.349 e. The average Bonchev–Trinajstić information content (AvgIpc) is 3.26. The van der Waals surface area contributed by atoms with Gasteiger partial charge in [-0.1, -0.05) is 34.9 Å². The normalized spacial score (nSPS) is 15.8. The molecule has 0 spiro atoms. The summed E-state index contributed by atoms with van der Waals surface area (Å²) in [7, 11) is -3.18. The van der Waals surface area contributed by atoms with Crippen LogP contribution in [0.2, 0.25) is 0 Å². The summed E-state index contributed by atoms with van der Waals surface area (Å²) in [5.74, 6) is 0.735. The minimum absolute atomic E-state index is 0.209. The van der Waals surface area contributed by atoms with E-state index >= 15 is 0 Å². The Morgan fingerprint density at radius 2 is 1.93 bits per heavy atom. The predicted molar refractivity (Wildman–Crippen MR) is 103 cm³/mol. The van der Waals surface area contributed by atoms with Gasteiger partial charge in [0.15, 0.2) is 0 Å². The Bertz CT molecular complexity index is 1050. The lowest BCUT2D eigenvalue weighted by Gasteiger charge is -2.17. The van der Waals surface area contributed by atoms with Crippen LogP contribution in [0.4, 0.5) is 11.6 Å². The molecule has 0 aliphatic carbocycles. The molecule has 1 aromatic heterocycles. The van der Waals surface area contributed by atoms with Crippen molar-refractivity contribution in [1.82, 2.24) is 20.2 Å². The molecule has 9 heteroatoms. The van der Waals surface area contributed by atoms with Crippen molar-refractivity contribution in [3.8, 4) is 5.69 Å². The van der Waals surface area contributed by atoms with E-state index in [4.69, 9.17) is 0 Å². The number of aromatic nitrogens is 4. The molecule has 0 bridgehead atoms. The molecule has 0 atom stereocenters. The summed E-state index contributed by atoms with van der Waals surface area (Å²) in [5.41, 5.74) is 3.68. The molecular formula is C18H20N6O2S. The Morgan fingerprint density at radius 3 is 2.67 bits per heavy atom. The van der Waals surface area contributed by atoms with E-state index in [9.17, 15) is 8.42 Å². The third kappa shape index (κ3) is 3.63. The third-order valence-electron chi connectivity index (χ3n) is 4.50. The van der Waals surface area contributed by atoms with Gasteiger partial charge in [0.2, 0.25) is 16.0 Å². The molecule has 2 aromatic carbocycles. The van der Waals surface area contributed by atoms with Gasteiger partial charge >= 0.3 is 0 Å². The molecule has 0 radical (unpaired) electrons. The molecule has 0 unspecified atom stereocenters. The van der Waals surface area contributed by atoms with E-state index in [1.165, 1.54) is 4.31 Å². The molecular weight excluding hydrogens is 364 g/mol. The van der Waals surface area contributed by atoms with E-state index in [0.717, 1.165) is 16.8 Å². The number of nitrogens with one attached hydrogen (secondary N) is 1. The zero-order valence-corrected chi connectivity index (χ0v) is 15.7. The van der Waals surface area contributed by atoms with Gasteiger partial charge in [-0.15, -0.1) is 0 Å². The molecule has 0 amide bonds. The zero-order valence-electron chi connectivity index (χ0n) is 14.9. The Balaban J connectivity index is 1.51. The number of sulfonamides is 1. The second-order valence-electron chi connectivity index (χ2n) is 6.51. The van der Waals surface area contributed by atoms with Crippen LogP contribution in [0.15, 0.2) is 48.5 Å². The van der Waals surface area contributed by atoms with Gasteiger partial charge in [0.1, 0.15) is 0 Å². The van der Waals surface area contributed by atoms with E-state index in [1.807, 2.05) is 55.5 Å². The van der Waals surface area contributed by atoms with Gasteiger partial charge in [-0.05, 0) is 53.6 Å². The maximum Gasteiger partial charge on any atom is 0.248 e. The Hall–Kier alpha value is -2.94. The predicted octanol–water partition coefficient (Wildman–Crippen LogP) is 2.12. The maximum atomic E-state index is 12.1. The number of anilines is 2. The van der Waals surface area contributed by atoms with Crippen LogP contribution in [0.25, 0.3) is 5.69 Å². The SMILES string of the molecule is Cc1ccc(-n2nnnc2NCc2cccc(N3CCCS3(=O)=O)c2)cc1. The maximum absolute atomic E-state index is 12.1. The highest BCUT2D eigenvalue weighted by Gasteiger charge is 2.28. The fourth-order valence-corrected chi connectivity index (χ4v) is 4.65. The Morgan fingerprint density at radius 1 is 1.11 bits per heavy atom. The quantitative estimate of drug-likeness (QED) is 0.724. The monoisotopic (exact) mass is 384 g/mol. The van der Waals surface area contributed by atoms with E-state index in [1.54, 1.807) is 4.68 Å². The van der Waals surface area contributed by atoms with E-state index in [2.05, 4.69) is 20.8 Å². The van der Waals surface area contributed by atoms with Gasteiger partial charge in [-0.2, -0.15) is 4.68 Å². The second kappa shape index (κ2) is 6.99. The molecule has 0 saturated carbocycles. The van der Waals surface area contributed by atoms with Gasteiger partial charge in [0, 0.05) is 13.1 Å². The highest BCUT2D eigenvalue weighted by Crippen LogP contribution is 2.25. The van der Waals surface area contributed by atoms with Crippen molar-refractivity contribution in [3.05, 3.63) is 59.7 Å². The van der Waals surface area contributed by atoms with Crippen molar-refractivity contribution < 1.29 is 8.42 Å². The molecule has 2 heterocycles. The minimum Gasteiger partial charge on any atom is -0.349 e. The number of rotatable bonds is 5.